The first-order valence-corrected chi connectivity index (χ1v) is 13.7. The zero-order valence-corrected chi connectivity index (χ0v) is 23.1. The van der Waals surface area contributed by atoms with Crippen molar-refractivity contribution in [1.29, 1.82) is 0 Å². The summed E-state index contributed by atoms with van der Waals surface area (Å²) in [5.74, 6) is -2.03. The summed E-state index contributed by atoms with van der Waals surface area (Å²) in [6, 6.07) is 15.9. The topological polar surface area (TPSA) is 73.6 Å². The molecule has 1 saturated carbocycles. The first kappa shape index (κ1) is 29.0. The van der Waals surface area contributed by atoms with Gasteiger partial charge in [0.1, 0.15) is 12.4 Å². The fourth-order valence-electron chi connectivity index (χ4n) is 5.23. The van der Waals surface area contributed by atoms with Crippen LogP contribution in [0.15, 0.2) is 54.6 Å². The molecule has 1 aliphatic carbocycles. The molecule has 0 aromatic heterocycles. The van der Waals surface area contributed by atoms with E-state index in [1.807, 2.05) is 30.3 Å². The van der Waals surface area contributed by atoms with Gasteiger partial charge in [0.15, 0.2) is 11.6 Å². The number of ether oxygens (including phenoxy) is 2. The van der Waals surface area contributed by atoms with E-state index >= 15 is 8.78 Å². The largest absolute Gasteiger partial charge is 0.488 e. The van der Waals surface area contributed by atoms with Gasteiger partial charge in [-0.05, 0) is 67.0 Å². The molecule has 8 heteroatoms. The number of halogens is 3. The number of hydrogen-bond donors (Lipinski definition) is 2. The SMILES string of the molecule is COCCOc1ccc(C(N)=O)c(-c2cc(C(CNC3CCC(C)CC3)c3ccccc3)cc(F)c2Cl)c1F. The smallest absolute Gasteiger partial charge is 0.249 e. The maximum atomic E-state index is 15.8. The van der Waals surface area contributed by atoms with Crippen molar-refractivity contribution in [3.05, 3.63) is 87.9 Å². The Bertz CT molecular complexity index is 1280. The number of carbonyl (C=O) groups is 1. The predicted molar refractivity (Wildman–Crippen MR) is 150 cm³/mol. The van der Waals surface area contributed by atoms with E-state index in [0.29, 0.717) is 18.2 Å². The first-order chi connectivity index (χ1) is 18.8. The van der Waals surface area contributed by atoms with Gasteiger partial charge in [0.25, 0.3) is 0 Å². The van der Waals surface area contributed by atoms with Gasteiger partial charge in [-0.1, -0.05) is 48.9 Å². The Morgan fingerprint density at radius 3 is 2.44 bits per heavy atom. The molecular formula is C31H35ClF2N2O3. The normalized spacial score (nSPS) is 18.1. The summed E-state index contributed by atoms with van der Waals surface area (Å²) >= 11 is 6.42. The highest BCUT2D eigenvalue weighted by molar-refractivity contribution is 6.33. The molecule has 0 saturated heterocycles. The molecule has 39 heavy (non-hydrogen) atoms. The molecule has 0 bridgehead atoms. The average Bonchev–Trinajstić information content (AvgIpc) is 2.93. The number of rotatable bonds is 11. The molecule has 1 atom stereocenters. The van der Waals surface area contributed by atoms with Crippen LogP contribution in [-0.4, -0.2) is 38.8 Å². The molecular weight excluding hydrogens is 522 g/mol. The minimum absolute atomic E-state index is 0.0441. The maximum absolute atomic E-state index is 15.8. The Balaban J connectivity index is 1.77. The lowest BCUT2D eigenvalue weighted by atomic mass is 9.85. The molecule has 0 radical (unpaired) electrons. The molecule has 1 fully saturated rings. The molecule has 3 aromatic carbocycles. The lowest BCUT2D eigenvalue weighted by Crippen LogP contribution is -2.35. The van der Waals surface area contributed by atoms with Crippen molar-refractivity contribution >= 4 is 17.5 Å². The third-order valence-electron chi connectivity index (χ3n) is 7.47. The van der Waals surface area contributed by atoms with Crippen molar-refractivity contribution < 1.29 is 23.0 Å². The van der Waals surface area contributed by atoms with Crippen LogP contribution in [0.25, 0.3) is 11.1 Å². The highest BCUT2D eigenvalue weighted by atomic mass is 35.5. The molecule has 1 aliphatic rings. The van der Waals surface area contributed by atoms with Crippen LogP contribution in [-0.2, 0) is 4.74 Å². The summed E-state index contributed by atoms with van der Waals surface area (Å²) in [5.41, 5.74) is 6.92. The predicted octanol–water partition coefficient (Wildman–Crippen LogP) is 6.71. The van der Waals surface area contributed by atoms with Crippen LogP contribution in [0, 0.1) is 17.6 Å². The highest BCUT2D eigenvalue weighted by Crippen LogP contribution is 2.40. The second-order valence-corrected chi connectivity index (χ2v) is 10.6. The van der Waals surface area contributed by atoms with Crippen LogP contribution in [0.2, 0.25) is 5.02 Å². The number of hydrogen-bond acceptors (Lipinski definition) is 4. The van der Waals surface area contributed by atoms with E-state index in [9.17, 15) is 4.79 Å². The third kappa shape index (κ3) is 6.96. The van der Waals surface area contributed by atoms with E-state index in [-0.39, 0.29) is 46.6 Å². The van der Waals surface area contributed by atoms with Crippen LogP contribution in [0.5, 0.6) is 5.75 Å². The summed E-state index contributed by atoms with van der Waals surface area (Å²) in [7, 11) is 1.50. The molecule has 0 aliphatic heterocycles. The van der Waals surface area contributed by atoms with Crippen LogP contribution in [0.3, 0.4) is 0 Å². The Morgan fingerprint density at radius 1 is 1.05 bits per heavy atom. The van der Waals surface area contributed by atoms with E-state index < -0.39 is 17.5 Å². The molecule has 1 amide bonds. The van der Waals surface area contributed by atoms with Gasteiger partial charge < -0.3 is 20.5 Å². The molecule has 0 heterocycles. The van der Waals surface area contributed by atoms with Crippen molar-refractivity contribution in [3.8, 4) is 16.9 Å². The number of nitrogens with two attached hydrogens (primary N) is 1. The lowest BCUT2D eigenvalue weighted by Gasteiger charge is -2.29. The monoisotopic (exact) mass is 556 g/mol. The Hall–Kier alpha value is -3.00. The van der Waals surface area contributed by atoms with E-state index in [4.69, 9.17) is 26.8 Å². The highest BCUT2D eigenvalue weighted by Gasteiger charge is 2.26. The number of nitrogens with one attached hydrogen (secondary N) is 1. The first-order valence-electron chi connectivity index (χ1n) is 13.3. The van der Waals surface area contributed by atoms with Crippen LogP contribution in [0.4, 0.5) is 8.78 Å². The average molecular weight is 557 g/mol. The minimum atomic E-state index is -0.859. The van der Waals surface area contributed by atoms with Gasteiger partial charge in [-0.3, -0.25) is 4.79 Å². The van der Waals surface area contributed by atoms with Crippen LogP contribution >= 0.6 is 11.6 Å². The fourth-order valence-corrected chi connectivity index (χ4v) is 5.43. The van der Waals surface area contributed by atoms with Gasteiger partial charge >= 0.3 is 0 Å². The van der Waals surface area contributed by atoms with Crippen molar-refractivity contribution in [1.82, 2.24) is 5.32 Å². The van der Waals surface area contributed by atoms with Crippen LogP contribution < -0.4 is 15.8 Å². The second-order valence-electron chi connectivity index (χ2n) is 10.2. The third-order valence-corrected chi connectivity index (χ3v) is 7.85. The van der Waals surface area contributed by atoms with E-state index in [1.165, 1.54) is 38.2 Å². The molecule has 3 N–H and O–H groups in total. The van der Waals surface area contributed by atoms with E-state index in [0.717, 1.165) is 24.3 Å². The number of primary amides is 1. The molecule has 5 nitrogen and oxygen atoms in total. The lowest BCUT2D eigenvalue weighted by molar-refractivity contribution is 0.1000. The second kappa shape index (κ2) is 13.4. The number of methoxy groups -OCH3 is 1. The van der Waals surface area contributed by atoms with Gasteiger partial charge in [0.2, 0.25) is 5.91 Å². The fraction of sp³-hybridized carbons (Fsp3) is 0.387. The number of amides is 1. The quantitative estimate of drug-likeness (QED) is 0.257. The summed E-state index contributed by atoms with van der Waals surface area (Å²) in [6.45, 7) is 3.17. The van der Waals surface area contributed by atoms with Gasteiger partial charge in [-0.2, -0.15) is 0 Å². The number of benzene rings is 3. The Labute approximate surface area is 233 Å². The molecule has 3 aromatic rings. The van der Waals surface area contributed by atoms with E-state index in [1.54, 1.807) is 6.07 Å². The Morgan fingerprint density at radius 2 is 1.77 bits per heavy atom. The Kier molecular flexibility index (Phi) is 9.94. The van der Waals surface area contributed by atoms with Crippen molar-refractivity contribution in [2.45, 2.75) is 44.6 Å². The van der Waals surface area contributed by atoms with Gasteiger partial charge in [-0.25, -0.2) is 8.78 Å². The zero-order chi connectivity index (χ0) is 27.9. The summed E-state index contributed by atoms with van der Waals surface area (Å²) in [4.78, 5) is 12.3. The summed E-state index contributed by atoms with van der Waals surface area (Å²) in [6.07, 6.45) is 4.52. The standard InChI is InChI=1S/C31H35ClF2N2O3/c1-19-8-10-22(11-9-19)36-18-25(20-6-4-3-5-7-20)21-16-24(29(32)26(33)17-21)28-23(31(35)37)12-13-27(30(28)34)39-15-14-38-2/h3-7,12-13,16-17,19,22,25,36H,8-11,14-15,18H2,1-2H3,(H2,35,37). The van der Waals surface area contributed by atoms with E-state index in [2.05, 4.69) is 12.2 Å². The van der Waals surface area contributed by atoms with Crippen molar-refractivity contribution in [2.24, 2.45) is 11.7 Å². The van der Waals surface area contributed by atoms with Crippen molar-refractivity contribution in [2.75, 3.05) is 26.9 Å². The van der Waals surface area contributed by atoms with Gasteiger partial charge in [0.05, 0.1) is 17.2 Å². The molecule has 0 spiro atoms. The maximum Gasteiger partial charge on any atom is 0.249 e. The zero-order valence-electron chi connectivity index (χ0n) is 22.3. The van der Waals surface area contributed by atoms with Gasteiger partial charge in [0, 0.05) is 36.7 Å². The summed E-state index contributed by atoms with van der Waals surface area (Å²) in [5, 5.41) is 3.38. The molecule has 1 unspecified atom stereocenters. The molecule has 4 rings (SSSR count). The van der Waals surface area contributed by atoms with Crippen LogP contribution in [0.1, 0.15) is 60.0 Å². The molecule has 208 valence electrons. The summed E-state index contributed by atoms with van der Waals surface area (Å²) < 4.78 is 41.7. The van der Waals surface area contributed by atoms with Crippen molar-refractivity contribution in [3.63, 3.8) is 0 Å². The van der Waals surface area contributed by atoms with Gasteiger partial charge in [-0.15, -0.1) is 0 Å². The number of carbonyl (C=O) groups excluding carboxylic acids is 1. The minimum Gasteiger partial charge on any atom is -0.488 e.